The Labute approximate surface area is 137 Å². The summed E-state index contributed by atoms with van der Waals surface area (Å²) in [7, 11) is 1.98. The standard InChI is InChI=1S/C17H25N3O3/c1-13-9-10-15(20(22)23)11-16(13)18-17(21)12-19(2)14-7-5-3-4-6-8-14/h9-11,14H,3-8,12H2,1-2H3,(H,18,21). The van der Waals surface area contributed by atoms with Gasteiger partial charge >= 0.3 is 0 Å². The van der Waals surface area contributed by atoms with E-state index in [1.807, 2.05) is 14.0 Å². The van der Waals surface area contributed by atoms with Crippen molar-refractivity contribution < 1.29 is 9.72 Å². The Morgan fingerprint density at radius 3 is 2.57 bits per heavy atom. The second kappa shape index (κ2) is 8.06. The zero-order chi connectivity index (χ0) is 16.8. The first kappa shape index (κ1) is 17.4. The van der Waals surface area contributed by atoms with Crippen LogP contribution in [-0.4, -0.2) is 35.4 Å². The summed E-state index contributed by atoms with van der Waals surface area (Å²) in [4.78, 5) is 24.8. The van der Waals surface area contributed by atoms with Crippen LogP contribution in [0, 0.1) is 17.0 Å². The fourth-order valence-electron chi connectivity index (χ4n) is 3.10. The van der Waals surface area contributed by atoms with E-state index in [4.69, 9.17) is 0 Å². The zero-order valence-corrected chi connectivity index (χ0v) is 13.9. The SMILES string of the molecule is Cc1ccc([N+](=O)[O-])cc1NC(=O)CN(C)C1CCCCCC1. The molecule has 1 N–H and O–H groups in total. The predicted octanol–water partition coefficient (Wildman–Crippen LogP) is 3.50. The van der Waals surface area contributed by atoms with Crippen LogP contribution in [0.5, 0.6) is 0 Å². The number of carbonyl (C=O) groups excluding carboxylic acids is 1. The third-order valence-electron chi connectivity index (χ3n) is 4.55. The Kier molecular flexibility index (Phi) is 6.10. The van der Waals surface area contributed by atoms with Gasteiger partial charge in [-0.1, -0.05) is 31.7 Å². The van der Waals surface area contributed by atoms with Gasteiger partial charge in [0.15, 0.2) is 0 Å². The van der Waals surface area contributed by atoms with Crippen molar-refractivity contribution in [1.82, 2.24) is 4.90 Å². The van der Waals surface area contributed by atoms with Gasteiger partial charge in [-0.3, -0.25) is 19.8 Å². The van der Waals surface area contributed by atoms with Crippen molar-refractivity contribution in [2.24, 2.45) is 0 Å². The molecule has 1 amide bonds. The molecule has 0 aliphatic heterocycles. The van der Waals surface area contributed by atoms with Crippen molar-refractivity contribution in [3.05, 3.63) is 33.9 Å². The first-order chi connectivity index (χ1) is 11.0. The molecule has 1 aromatic rings. The highest BCUT2D eigenvalue weighted by Gasteiger charge is 2.19. The number of hydrogen-bond donors (Lipinski definition) is 1. The number of aryl methyl sites for hydroxylation is 1. The number of non-ortho nitro benzene ring substituents is 1. The summed E-state index contributed by atoms with van der Waals surface area (Å²) in [6.45, 7) is 2.14. The molecule has 1 aliphatic carbocycles. The molecule has 0 saturated heterocycles. The van der Waals surface area contributed by atoms with Crippen LogP contribution >= 0.6 is 0 Å². The van der Waals surface area contributed by atoms with E-state index < -0.39 is 4.92 Å². The predicted molar refractivity (Wildman–Crippen MR) is 90.6 cm³/mol. The van der Waals surface area contributed by atoms with Gasteiger partial charge < -0.3 is 5.32 Å². The van der Waals surface area contributed by atoms with Gasteiger partial charge in [-0.25, -0.2) is 0 Å². The second-order valence-corrected chi connectivity index (χ2v) is 6.37. The number of benzene rings is 1. The Bertz CT molecular complexity index is 566. The minimum absolute atomic E-state index is 0.0111. The van der Waals surface area contributed by atoms with Crippen LogP contribution in [0.25, 0.3) is 0 Å². The maximum Gasteiger partial charge on any atom is 0.271 e. The highest BCUT2D eigenvalue weighted by atomic mass is 16.6. The molecule has 1 aliphatic rings. The van der Waals surface area contributed by atoms with E-state index >= 15 is 0 Å². The topological polar surface area (TPSA) is 75.5 Å². The molecule has 6 heteroatoms. The highest BCUT2D eigenvalue weighted by Crippen LogP contribution is 2.23. The lowest BCUT2D eigenvalue weighted by atomic mass is 10.1. The normalized spacial score (nSPS) is 16.1. The van der Waals surface area contributed by atoms with E-state index in [1.165, 1.54) is 37.8 Å². The molecule has 0 bridgehead atoms. The van der Waals surface area contributed by atoms with Gasteiger partial charge in [0.2, 0.25) is 5.91 Å². The molecule has 0 heterocycles. The minimum atomic E-state index is -0.452. The Balaban J connectivity index is 1.96. The van der Waals surface area contributed by atoms with Crippen LogP contribution < -0.4 is 5.32 Å². The Morgan fingerprint density at radius 2 is 1.96 bits per heavy atom. The summed E-state index contributed by atoms with van der Waals surface area (Å²) < 4.78 is 0. The lowest BCUT2D eigenvalue weighted by molar-refractivity contribution is -0.384. The number of amides is 1. The molecule has 0 unspecified atom stereocenters. The van der Waals surface area contributed by atoms with Crippen molar-refractivity contribution in [2.45, 2.75) is 51.5 Å². The van der Waals surface area contributed by atoms with Gasteiger partial charge in [0.1, 0.15) is 0 Å². The molecule has 1 fully saturated rings. The van der Waals surface area contributed by atoms with Crippen LogP contribution in [-0.2, 0) is 4.79 Å². The largest absolute Gasteiger partial charge is 0.324 e. The second-order valence-electron chi connectivity index (χ2n) is 6.37. The molecular weight excluding hydrogens is 294 g/mol. The number of hydrogen-bond acceptors (Lipinski definition) is 4. The number of nitrogens with zero attached hydrogens (tertiary/aromatic N) is 2. The van der Waals surface area contributed by atoms with Crippen LogP contribution in [0.15, 0.2) is 18.2 Å². The highest BCUT2D eigenvalue weighted by molar-refractivity contribution is 5.93. The number of carbonyl (C=O) groups is 1. The van der Waals surface area contributed by atoms with Gasteiger partial charge in [-0.15, -0.1) is 0 Å². The molecule has 126 valence electrons. The van der Waals surface area contributed by atoms with Gasteiger partial charge in [-0.2, -0.15) is 0 Å². The third-order valence-corrected chi connectivity index (χ3v) is 4.55. The van der Waals surface area contributed by atoms with Crippen LogP contribution in [0.2, 0.25) is 0 Å². The fourth-order valence-corrected chi connectivity index (χ4v) is 3.10. The number of nitro groups is 1. The summed E-state index contributed by atoms with van der Waals surface area (Å²) in [5.41, 5.74) is 1.32. The van der Waals surface area contributed by atoms with E-state index in [0.29, 0.717) is 18.3 Å². The third kappa shape index (κ3) is 5.03. The molecule has 23 heavy (non-hydrogen) atoms. The maximum atomic E-state index is 12.3. The molecule has 6 nitrogen and oxygen atoms in total. The van der Waals surface area contributed by atoms with Gasteiger partial charge in [0.25, 0.3) is 5.69 Å². The van der Waals surface area contributed by atoms with Crippen molar-refractivity contribution in [3.8, 4) is 0 Å². The summed E-state index contributed by atoms with van der Waals surface area (Å²) in [5, 5.41) is 13.7. The minimum Gasteiger partial charge on any atom is -0.324 e. The van der Waals surface area contributed by atoms with Crippen molar-refractivity contribution in [2.75, 3.05) is 18.9 Å². The van der Waals surface area contributed by atoms with Crippen molar-refractivity contribution in [1.29, 1.82) is 0 Å². The van der Waals surface area contributed by atoms with Gasteiger partial charge in [0.05, 0.1) is 17.2 Å². The number of likely N-dealkylation sites (N-methyl/N-ethyl adjacent to an activating group) is 1. The van der Waals surface area contributed by atoms with Crippen LogP contribution in [0.1, 0.15) is 44.1 Å². The number of anilines is 1. The first-order valence-corrected chi connectivity index (χ1v) is 8.22. The van der Waals surface area contributed by atoms with Gasteiger partial charge in [0, 0.05) is 18.2 Å². The Morgan fingerprint density at radius 1 is 1.30 bits per heavy atom. The first-order valence-electron chi connectivity index (χ1n) is 8.22. The average molecular weight is 319 g/mol. The average Bonchev–Trinajstić information content (AvgIpc) is 2.78. The molecule has 0 aromatic heterocycles. The van der Waals surface area contributed by atoms with E-state index in [9.17, 15) is 14.9 Å². The van der Waals surface area contributed by atoms with E-state index in [1.54, 1.807) is 6.07 Å². The lowest BCUT2D eigenvalue weighted by Crippen LogP contribution is -2.37. The summed E-state index contributed by atoms with van der Waals surface area (Å²) in [6, 6.07) is 4.97. The molecule has 1 saturated carbocycles. The monoisotopic (exact) mass is 319 g/mol. The number of rotatable bonds is 5. The molecule has 1 aromatic carbocycles. The summed E-state index contributed by atoms with van der Waals surface area (Å²) in [6.07, 6.45) is 7.29. The maximum absolute atomic E-state index is 12.3. The quantitative estimate of drug-likeness (QED) is 0.512. The molecule has 0 radical (unpaired) electrons. The Hall–Kier alpha value is -1.95. The molecule has 0 atom stereocenters. The van der Waals surface area contributed by atoms with E-state index in [2.05, 4.69) is 10.2 Å². The summed E-state index contributed by atoms with van der Waals surface area (Å²) in [5.74, 6) is -0.125. The summed E-state index contributed by atoms with van der Waals surface area (Å²) >= 11 is 0. The zero-order valence-electron chi connectivity index (χ0n) is 13.9. The van der Waals surface area contributed by atoms with Crippen LogP contribution in [0.4, 0.5) is 11.4 Å². The van der Waals surface area contributed by atoms with Crippen molar-refractivity contribution >= 4 is 17.3 Å². The molecule has 2 rings (SSSR count). The van der Waals surface area contributed by atoms with Crippen molar-refractivity contribution in [3.63, 3.8) is 0 Å². The van der Waals surface area contributed by atoms with E-state index in [-0.39, 0.29) is 11.6 Å². The van der Waals surface area contributed by atoms with Gasteiger partial charge in [-0.05, 0) is 32.4 Å². The van der Waals surface area contributed by atoms with E-state index in [0.717, 1.165) is 18.4 Å². The number of nitrogens with one attached hydrogen (secondary N) is 1. The lowest BCUT2D eigenvalue weighted by Gasteiger charge is -2.26. The van der Waals surface area contributed by atoms with Crippen LogP contribution in [0.3, 0.4) is 0 Å². The molecule has 0 spiro atoms. The smallest absolute Gasteiger partial charge is 0.271 e. The fraction of sp³-hybridized carbons (Fsp3) is 0.588. The molecular formula is C17H25N3O3. The number of nitro benzene ring substituents is 1.